The van der Waals surface area contributed by atoms with Crippen molar-refractivity contribution in [2.45, 2.75) is 47.1 Å². The maximum absolute atomic E-state index is 8.90. The summed E-state index contributed by atoms with van der Waals surface area (Å²) in [5.74, 6) is 0. The Morgan fingerprint density at radius 3 is 2.50 bits per heavy atom. The Morgan fingerprint density at radius 1 is 1.44 bits per heavy atom. The summed E-state index contributed by atoms with van der Waals surface area (Å²) < 4.78 is 1.93. The number of aryl methyl sites for hydroxylation is 2. The van der Waals surface area contributed by atoms with Gasteiger partial charge in [-0.2, -0.15) is 10.4 Å². The Morgan fingerprint density at radius 2 is 2.06 bits per heavy atom. The summed E-state index contributed by atoms with van der Waals surface area (Å²) in [5.41, 5.74) is 8.29. The molecular weight excluding hydrogens is 200 g/mol. The van der Waals surface area contributed by atoms with Crippen LogP contribution >= 0.6 is 0 Å². The van der Waals surface area contributed by atoms with Gasteiger partial charge in [-0.1, -0.05) is 0 Å². The topological polar surface area (TPSA) is 67.6 Å². The third-order valence-corrected chi connectivity index (χ3v) is 2.91. The van der Waals surface area contributed by atoms with Gasteiger partial charge in [0.25, 0.3) is 0 Å². The van der Waals surface area contributed by atoms with Crippen LogP contribution in [-0.4, -0.2) is 9.78 Å². The van der Waals surface area contributed by atoms with Crippen LogP contribution in [0.3, 0.4) is 0 Å². The first-order valence-corrected chi connectivity index (χ1v) is 5.58. The molecule has 0 bridgehead atoms. The third kappa shape index (κ3) is 2.75. The summed E-state index contributed by atoms with van der Waals surface area (Å²) >= 11 is 0. The van der Waals surface area contributed by atoms with Crippen molar-refractivity contribution in [3.05, 3.63) is 11.4 Å². The van der Waals surface area contributed by atoms with E-state index in [1.807, 2.05) is 32.4 Å². The third-order valence-electron chi connectivity index (χ3n) is 2.91. The summed E-state index contributed by atoms with van der Waals surface area (Å²) in [6, 6.07) is 2.30. The van der Waals surface area contributed by atoms with Crippen molar-refractivity contribution in [1.82, 2.24) is 9.78 Å². The smallest absolute Gasteiger partial charge is 0.0825 e. The molecule has 0 spiro atoms. The van der Waals surface area contributed by atoms with Gasteiger partial charge >= 0.3 is 0 Å². The van der Waals surface area contributed by atoms with Crippen LogP contribution in [0.5, 0.6) is 0 Å². The molecule has 0 atom stereocenters. The van der Waals surface area contributed by atoms with E-state index < -0.39 is 0 Å². The predicted molar refractivity (Wildman–Crippen MR) is 64.7 cm³/mol. The zero-order valence-electron chi connectivity index (χ0n) is 10.5. The van der Waals surface area contributed by atoms with Gasteiger partial charge in [0.2, 0.25) is 0 Å². The number of aromatic nitrogens is 2. The first-order chi connectivity index (χ1) is 7.37. The van der Waals surface area contributed by atoms with Crippen molar-refractivity contribution in [2.24, 2.45) is 5.41 Å². The van der Waals surface area contributed by atoms with E-state index in [1.165, 1.54) is 0 Å². The molecule has 4 nitrogen and oxygen atoms in total. The lowest BCUT2D eigenvalue weighted by molar-refractivity contribution is 0.404. The van der Waals surface area contributed by atoms with Crippen LogP contribution in [0, 0.1) is 30.6 Å². The van der Waals surface area contributed by atoms with E-state index in [0.29, 0.717) is 0 Å². The molecule has 0 fully saturated rings. The van der Waals surface area contributed by atoms with Crippen LogP contribution in [-0.2, 0) is 6.54 Å². The summed E-state index contributed by atoms with van der Waals surface area (Å²) in [6.07, 6.45) is 1.82. The summed E-state index contributed by atoms with van der Waals surface area (Å²) in [7, 11) is 0. The van der Waals surface area contributed by atoms with Gasteiger partial charge in [0, 0.05) is 6.54 Å². The van der Waals surface area contributed by atoms with Gasteiger partial charge in [-0.3, -0.25) is 4.68 Å². The number of nitrogens with zero attached hydrogens (tertiary/aromatic N) is 3. The maximum atomic E-state index is 8.90. The molecule has 2 N–H and O–H groups in total. The van der Waals surface area contributed by atoms with E-state index in [0.717, 1.165) is 36.5 Å². The van der Waals surface area contributed by atoms with E-state index in [-0.39, 0.29) is 5.41 Å². The van der Waals surface area contributed by atoms with Crippen LogP contribution in [0.2, 0.25) is 0 Å². The van der Waals surface area contributed by atoms with E-state index in [9.17, 15) is 0 Å². The van der Waals surface area contributed by atoms with Crippen molar-refractivity contribution in [1.29, 1.82) is 5.26 Å². The van der Waals surface area contributed by atoms with E-state index in [4.69, 9.17) is 11.0 Å². The largest absolute Gasteiger partial charge is 0.396 e. The quantitative estimate of drug-likeness (QED) is 0.847. The molecular formula is C12H20N4. The Bertz CT molecular complexity index is 409. The van der Waals surface area contributed by atoms with Gasteiger partial charge in [-0.05, 0) is 40.5 Å². The molecule has 1 heterocycles. The zero-order valence-corrected chi connectivity index (χ0v) is 10.5. The zero-order chi connectivity index (χ0) is 12.3. The Labute approximate surface area is 97.1 Å². The fourth-order valence-electron chi connectivity index (χ4n) is 1.66. The highest BCUT2D eigenvalue weighted by molar-refractivity contribution is 5.46. The highest BCUT2D eigenvalue weighted by Gasteiger charge is 2.16. The lowest BCUT2D eigenvalue weighted by Crippen LogP contribution is -2.11. The Hall–Kier alpha value is -1.50. The second-order valence-electron chi connectivity index (χ2n) is 4.91. The van der Waals surface area contributed by atoms with Crippen LogP contribution in [0.25, 0.3) is 0 Å². The first-order valence-electron chi connectivity index (χ1n) is 5.58. The second-order valence-corrected chi connectivity index (χ2v) is 4.91. The Balaban J connectivity index is 2.57. The molecule has 0 saturated carbocycles. The monoisotopic (exact) mass is 220 g/mol. The highest BCUT2D eigenvalue weighted by atomic mass is 15.3. The number of hydrogen-bond donors (Lipinski definition) is 1. The second kappa shape index (κ2) is 4.56. The van der Waals surface area contributed by atoms with Gasteiger partial charge < -0.3 is 5.73 Å². The average molecular weight is 220 g/mol. The number of anilines is 1. The van der Waals surface area contributed by atoms with Crippen LogP contribution in [0.1, 0.15) is 38.1 Å². The standard InChI is InChI=1S/C12H20N4/c1-9-11(14)10(2)16(15-9)7-5-6-12(3,4)8-13/h5-7,14H2,1-4H3. The molecule has 4 heteroatoms. The van der Waals surface area contributed by atoms with Crippen LogP contribution < -0.4 is 5.73 Å². The van der Waals surface area contributed by atoms with Gasteiger partial charge in [-0.25, -0.2) is 0 Å². The number of nitrogens with two attached hydrogens (primary N) is 1. The summed E-state index contributed by atoms with van der Waals surface area (Å²) in [5, 5.41) is 13.3. The van der Waals surface area contributed by atoms with E-state index >= 15 is 0 Å². The summed E-state index contributed by atoms with van der Waals surface area (Å²) in [4.78, 5) is 0. The molecule has 0 aliphatic heterocycles. The molecule has 16 heavy (non-hydrogen) atoms. The lowest BCUT2D eigenvalue weighted by atomic mass is 9.90. The fourth-order valence-corrected chi connectivity index (χ4v) is 1.66. The maximum Gasteiger partial charge on any atom is 0.0825 e. The van der Waals surface area contributed by atoms with Gasteiger partial charge in [0.05, 0.1) is 28.6 Å². The van der Waals surface area contributed by atoms with Crippen molar-refractivity contribution < 1.29 is 0 Å². The Kier molecular flexibility index (Phi) is 3.58. The molecule has 0 aliphatic rings. The highest BCUT2D eigenvalue weighted by Crippen LogP contribution is 2.22. The van der Waals surface area contributed by atoms with Crippen molar-refractivity contribution in [3.63, 3.8) is 0 Å². The number of nitriles is 1. The number of nitrogen functional groups attached to an aromatic ring is 1. The molecule has 1 aromatic heterocycles. The minimum absolute atomic E-state index is 0.248. The van der Waals surface area contributed by atoms with E-state index in [2.05, 4.69) is 11.2 Å². The molecule has 0 amide bonds. The van der Waals surface area contributed by atoms with Crippen molar-refractivity contribution in [3.8, 4) is 6.07 Å². The molecule has 1 rings (SSSR count). The van der Waals surface area contributed by atoms with Crippen LogP contribution in [0.4, 0.5) is 5.69 Å². The first kappa shape index (κ1) is 12.6. The van der Waals surface area contributed by atoms with E-state index in [1.54, 1.807) is 0 Å². The number of hydrogen-bond acceptors (Lipinski definition) is 3. The molecule has 0 saturated heterocycles. The SMILES string of the molecule is Cc1nn(CCCC(C)(C)C#N)c(C)c1N. The average Bonchev–Trinajstić information content (AvgIpc) is 2.46. The number of rotatable bonds is 4. The minimum Gasteiger partial charge on any atom is -0.396 e. The van der Waals surface area contributed by atoms with Crippen molar-refractivity contribution in [2.75, 3.05) is 5.73 Å². The van der Waals surface area contributed by atoms with Gasteiger partial charge in [0.1, 0.15) is 0 Å². The minimum atomic E-state index is -0.248. The predicted octanol–water partition coefficient (Wildman–Crippen LogP) is 2.41. The molecule has 88 valence electrons. The molecule has 0 aliphatic carbocycles. The van der Waals surface area contributed by atoms with Crippen molar-refractivity contribution >= 4 is 5.69 Å². The lowest BCUT2D eigenvalue weighted by Gasteiger charge is -2.14. The normalized spacial score (nSPS) is 11.4. The molecule has 0 radical (unpaired) electrons. The molecule has 0 unspecified atom stereocenters. The van der Waals surface area contributed by atoms with Gasteiger partial charge in [-0.15, -0.1) is 0 Å². The summed E-state index contributed by atoms with van der Waals surface area (Å²) in [6.45, 7) is 8.64. The molecule has 1 aromatic rings. The fraction of sp³-hybridized carbons (Fsp3) is 0.667. The van der Waals surface area contributed by atoms with Gasteiger partial charge in [0.15, 0.2) is 0 Å². The van der Waals surface area contributed by atoms with Crippen LogP contribution in [0.15, 0.2) is 0 Å². The molecule has 0 aromatic carbocycles.